The number of rotatable bonds is 4. The summed E-state index contributed by atoms with van der Waals surface area (Å²) < 4.78 is 5.71. The van der Waals surface area contributed by atoms with Gasteiger partial charge in [0.1, 0.15) is 11.5 Å². The minimum atomic E-state index is -0.269. The molecule has 0 saturated heterocycles. The Morgan fingerprint density at radius 2 is 1.74 bits per heavy atom. The van der Waals surface area contributed by atoms with E-state index >= 15 is 0 Å². The third-order valence-corrected chi connectivity index (χ3v) is 2.58. The second kappa shape index (κ2) is 7.42. The Morgan fingerprint density at radius 3 is 2.42 bits per heavy atom. The van der Waals surface area contributed by atoms with Crippen molar-refractivity contribution in [1.82, 2.24) is 0 Å². The average molecular weight is 275 g/mol. The first-order chi connectivity index (χ1) is 8.79. The number of nitriles is 1. The first-order valence-corrected chi connectivity index (χ1v) is 5.75. The van der Waals surface area contributed by atoms with Crippen LogP contribution in [0.1, 0.15) is 18.0 Å². The van der Waals surface area contributed by atoms with E-state index in [9.17, 15) is 0 Å². The second-order valence-electron chi connectivity index (χ2n) is 3.96. The highest BCUT2D eigenvalue weighted by Gasteiger charge is 2.06. The molecule has 0 aliphatic rings. The summed E-state index contributed by atoms with van der Waals surface area (Å²) in [6.45, 7) is 0. The van der Waals surface area contributed by atoms with Crippen LogP contribution in [0.2, 0.25) is 0 Å². The van der Waals surface area contributed by atoms with Crippen molar-refractivity contribution in [2.45, 2.75) is 12.5 Å². The maximum Gasteiger partial charge on any atom is 0.127 e. The highest BCUT2D eigenvalue weighted by Crippen LogP contribution is 2.24. The average Bonchev–Trinajstić information content (AvgIpc) is 2.40. The minimum absolute atomic E-state index is 0. The predicted octanol–water partition coefficient (Wildman–Crippen LogP) is 3.81. The van der Waals surface area contributed by atoms with Crippen molar-refractivity contribution < 1.29 is 4.74 Å². The zero-order valence-electron chi connectivity index (χ0n) is 10.3. The van der Waals surface area contributed by atoms with Crippen LogP contribution in [-0.2, 0) is 0 Å². The van der Waals surface area contributed by atoms with Crippen LogP contribution in [0, 0.1) is 11.3 Å². The summed E-state index contributed by atoms with van der Waals surface area (Å²) in [7, 11) is 0. The van der Waals surface area contributed by atoms with Gasteiger partial charge < -0.3 is 10.5 Å². The topological polar surface area (TPSA) is 59.0 Å². The molecule has 0 bridgehead atoms. The number of ether oxygens (including phenoxy) is 1. The van der Waals surface area contributed by atoms with Crippen molar-refractivity contribution in [3.8, 4) is 17.6 Å². The van der Waals surface area contributed by atoms with Crippen LogP contribution in [0.25, 0.3) is 0 Å². The minimum Gasteiger partial charge on any atom is -0.457 e. The second-order valence-corrected chi connectivity index (χ2v) is 3.96. The standard InChI is InChI=1S/C15H14N2O.ClH/c16-10-9-15(17)12-5-4-8-14(11-12)18-13-6-2-1-3-7-13;/h1-8,11,15H,9,17H2;1H/t15-;/m1./s1. The lowest BCUT2D eigenvalue weighted by atomic mass is 10.1. The van der Waals surface area contributed by atoms with Crippen LogP contribution in [0.5, 0.6) is 11.5 Å². The molecule has 98 valence electrons. The van der Waals surface area contributed by atoms with Crippen LogP contribution >= 0.6 is 12.4 Å². The van der Waals surface area contributed by atoms with Gasteiger partial charge in [0.15, 0.2) is 0 Å². The Balaban J connectivity index is 0.00000180. The molecule has 0 spiro atoms. The normalized spacial score (nSPS) is 10.9. The molecule has 3 nitrogen and oxygen atoms in total. The smallest absolute Gasteiger partial charge is 0.127 e. The maximum atomic E-state index is 8.64. The fraction of sp³-hybridized carbons (Fsp3) is 0.133. The van der Waals surface area contributed by atoms with Gasteiger partial charge in [0, 0.05) is 6.04 Å². The number of benzene rings is 2. The highest BCUT2D eigenvalue weighted by atomic mass is 35.5. The van der Waals surface area contributed by atoms with Gasteiger partial charge in [-0.1, -0.05) is 30.3 Å². The van der Waals surface area contributed by atoms with Gasteiger partial charge in [0.25, 0.3) is 0 Å². The fourth-order valence-corrected chi connectivity index (χ4v) is 1.65. The van der Waals surface area contributed by atoms with Gasteiger partial charge >= 0.3 is 0 Å². The zero-order valence-corrected chi connectivity index (χ0v) is 11.1. The van der Waals surface area contributed by atoms with Crippen molar-refractivity contribution in [1.29, 1.82) is 5.26 Å². The molecule has 2 aromatic rings. The van der Waals surface area contributed by atoms with Crippen LogP contribution in [0.3, 0.4) is 0 Å². The van der Waals surface area contributed by atoms with E-state index in [4.69, 9.17) is 15.7 Å². The van der Waals surface area contributed by atoms with E-state index in [0.717, 1.165) is 17.1 Å². The first-order valence-electron chi connectivity index (χ1n) is 5.75. The van der Waals surface area contributed by atoms with E-state index in [-0.39, 0.29) is 18.4 Å². The third-order valence-electron chi connectivity index (χ3n) is 2.58. The van der Waals surface area contributed by atoms with E-state index in [0.29, 0.717) is 6.42 Å². The lowest BCUT2D eigenvalue weighted by molar-refractivity contribution is 0.481. The van der Waals surface area contributed by atoms with E-state index in [2.05, 4.69) is 6.07 Å². The Bertz CT molecular complexity index is 552. The van der Waals surface area contributed by atoms with Gasteiger partial charge in [0.2, 0.25) is 0 Å². The lowest BCUT2D eigenvalue weighted by Gasteiger charge is -2.10. The van der Waals surface area contributed by atoms with Crippen molar-refractivity contribution in [2.24, 2.45) is 5.73 Å². The number of nitrogens with two attached hydrogens (primary N) is 1. The summed E-state index contributed by atoms with van der Waals surface area (Å²) in [5, 5.41) is 8.64. The first kappa shape index (κ1) is 15.0. The summed E-state index contributed by atoms with van der Waals surface area (Å²) >= 11 is 0. The molecule has 19 heavy (non-hydrogen) atoms. The largest absolute Gasteiger partial charge is 0.457 e. The molecule has 0 saturated carbocycles. The molecule has 2 N–H and O–H groups in total. The zero-order chi connectivity index (χ0) is 12.8. The monoisotopic (exact) mass is 274 g/mol. The molecule has 0 heterocycles. The van der Waals surface area contributed by atoms with Crippen LogP contribution in [-0.4, -0.2) is 0 Å². The van der Waals surface area contributed by atoms with Crippen molar-refractivity contribution in [3.05, 3.63) is 60.2 Å². The molecule has 1 atom stereocenters. The molecule has 4 heteroatoms. The predicted molar refractivity (Wildman–Crippen MR) is 77.4 cm³/mol. The van der Waals surface area contributed by atoms with Crippen LogP contribution < -0.4 is 10.5 Å². The van der Waals surface area contributed by atoms with Crippen molar-refractivity contribution in [3.63, 3.8) is 0 Å². The van der Waals surface area contributed by atoms with Crippen LogP contribution in [0.4, 0.5) is 0 Å². The molecule has 2 aromatic carbocycles. The van der Waals surface area contributed by atoms with Gasteiger partial charge in [-0.25, -0.2) is 0 Å². The number of hydrogen-bond donors (Lipinski definition) is 1. The molecule has 0 aliphatic heterocycles. The molecular formula is C15H15ClN2O. The SMILES string of the molecule is Cl.N#CC[C@@H](N)c1cccc(Oc2ccccc2)c1. The third kappa shape index (κ3) is 4.29. The Hall–Kier alpha value is -2.02. The molecule has 2 rings (SSSR count). The van der Waals surface area contributed by atoms with Gasteiger partial charge in [-0.05, 0) is 29.8 Å². The Morgan fingerprint density at radius 1 is 1.05 bits per heavy atom. The quantitative estimate of drug-likeness (QED) is 0.922. The summed E-state index contributed by atoms with van der Waals surface area (Å²) in [5.74, 6) is 1.51. The van der Waals surface area contributed by atoms with Crippen LogP contribution in [0.15, 0.2) is 54.6 Å². The molecule has 0 amide bonds. The summed E-state index contributed by atoms with van der Waals surface area (Å²) in [6.07, 6.45) is 0.300. The van der Waals surface area contributed by atoms with Gasteiger partial charge in [-0.2, -0.15) is 5.26 Å². The molecule has 0 unspecified atom stereocenters. The maximum absolute atomic E-state index is 8.64. The molecule has 0 aliphatic carbocycles. The number of hydrogen-bond acceptors (Lipinski definition) is 3. The number of halogens is 1. The Kier molecular flexibility index (Phi) is 5.87. The highest BCUT2D eigenvalue weighted by molar-refractivity contribution is 5.85. The number of para-hydroxylation sites is 1. The van der Waals surface area contributed by atoms with Gasteiger partial charge in [-0.15, -0.1) is 12.4 Å². The summed E-state index contributed by atoms with van der Waals surface area (Å²) in [4.78, 5) is 0. The van der Waals surface area contributed by atoms with Gasteiger partial charge in [-0.3, -0.25) is 0 Å². The Labute approximate surface area is 119 Å². The fourth-order valence-electron chi connectivity index (χ4n) is 1.65. The van der Waals surface area contributed by atoms with Crippen molar-refractivity contribution in [2.75, 3.05) is 0 Å². The molecule has 0 fully saturated rings. The van der Waals surface area contributed by atoms with Gasteiger partial charge in [0.05, 0.1) is 12.5 Å². The molecule has 0 aromatic heterocycles. The van der Waals surface area contributed by atoms with E-state index in [1.165, 1.54) is 0 Å². The van der Waals surface area contributed by atoms with E-state index in [1.54, 1.807) is 0 Å². The van der Waals surface area contributed by atoms with Crippen molar-refractivity contribution >= 4 is 12.4 Å². The number of nitrogens with zero attached hydrogens (tertiary/aromatic N) is 1. The summed E-state index contributed by atoms with van der Waals surface area (Å²) in [5.41, 5.74) is 6.80. The molecule has 0 radical (unpaired) electrons. The lowest BCUT2D eigenvalue weighted by Crippen LogP contribution is -2.08. The van der Waals surface area contributed by atoms with E-state index < -0.39 is 0 Å². The molecular weight excluding hydrogens is 260 g/mol. The van der Waals surface area contributed by atoms with E-state index in [1.807, 2.05) is 54.6 Å². The summed E-state index contributed by atoms with van der Waals surface area (Å²) in [6, 6.07) is 18.9.